The van der Waals surface area contributed by atoms with Gasteiger partial charge in [0.1, 0.15) is 5.69 Å². The highest BCUT2D eigenvalue weighted by atomic mass is 19.4. The highest BCUT2D eigenvalue weighted by Crippen LogP contribution is 2.41. The number of likely N-dealkylation sites (tertiary alicyclic amines) is 1. The minimum absolute atomic E-state index is 0.142. The van der Waals surface area contributed by atoms with Crippen molar-refractivity contribution >= 4 is 22.6 Å². The number of halogens is 3. The quantitative estimate of drug-likeness (QED) is 0.716. The van der Waals surface area contributed by atoms with Crippen molar-refractivity contribution in [2.45, 2.75) is 6.18 Å². The van der Waals surface area contributed by atoms with Crippen molar-refractivity contribution in [3.8, 4) is 0 Å². The Labute approximate surface area is 164 Å². The molecule has 4 heterocycles. The SMILES string of the molecule is O=C(c1[nH]nc2ncccc12)N1C[C@@H]2CN(c3ccccc3C(F)(F)F)C[C@@H]2C1. The number of hydrogen-bond acceptors (Lipinski definition) is 4. The lowest BCUT2D eigenvalue weighted by Crippen LogP contribution is -2.34. The van der Waals surface area contributed by atoms with Crippen LogP contribution in [-0.4, -0.2) is 52.2 Å². The number of anilines is 1. The fourth-order valence-corrected chi connectivity index (χ4v) is 4.52. The van der Waals surface area contributed by atoms with Crippen LogP contribution in [0.1, 0.15) is 16.1 Å². The Morgan fingerprint density at radius 1 is 1.03 bits per heavy atom. The third-order valence-electron chi connectivity index (χ3n) is 5.87. The van der Waals surface area contributed by atoms with E-state index in [4.69, 9.17) is 0 Å². The Morgan fingerprint density at radius 2 is 1.76 bits per heavy atom. The maximum absolute atomic E-state index is 13.4. The molecule has 1 amide bonds. The van der Waals surface area contributed by atoms with Gasteiger partial charge in [-0.25, -0.2) is 4.98 Å². The number of aromatic amines is 1. The molecule has 150 valence electrons. The zero-order valence-corrected chi connectivity index (χ0v) is 15.4. The van der Waals surface area contributed by atoms with Gasteiger partial charge in [-0.1, -0.05) is 12.1 Å². The summed E-state index contributed by atoms with van der Waals surface area (Å²) in [4.78, 5) is 20.7. The van der Waals surface area contributed by atoms with Gasteiger partial charge in [0.15, 0.2) is 5.65 Å². The number of pyridine rings is 1. The number of hydrogen-bond donors (Lipinski definition) is 1. The average molecular weight is 401 g/mol. The van der Waals surface area contributed by atoms with Crippen molar-refractivity contribution in [2.75, 3.05) is 31.1 Å². The number of aromatic nitrogens is 3. The van der Waals surface area contributed by atoms with E-state index in [0.29, 0.717) is 42.9 Å². The topological polar surface area (TPSA) is 65.1 Å². The molecule has 0 unspecified atom stereocenters. The monoisotopic (exact) mass is 401 g/mol. The summed E-state index contributed by atoms with van der Waals surface area (Å²) in [5, 5.41) is 7.52. The molecule has 6 nitrogen and oxygen atoms in total. The highest BCUT2D eigenvalue weighted by Gasteiger charge is 2.44. The number of H-pyrrole nitrogens is 1. The van der Waals surface area contributed by atoms with Crippen LogP contribution in [0.5, 0.6) is 0 Å². The molecule has 2 aliphatic heterocycles. The fourth-order valence-electron chi connectivity index (χ4n) is 4.52. The summed E-state index contributed by atoms with van der Waals surface area (Å²) >= 11 is 0. The normalized spacial score (nSPS) is 21.8. The van der Waals surface area contributed by atoms with E-state index < -0.39 is 11.7 Å². The molecular formula is C20H18F3N5O. The highest BCUT2D eigenvalue weighted by molar-refractivity contribution is 6.03. The van der Waals surface area contributed by atoms with E-state index in [2.05, 4.69) is 15.2 Å². The van der Waals surface area contributed by atoms with Gasteiger partial charge in [0.2, 0.25) is 0 Å². The number of amides is 1. The maximum atomic E-state index is 13.4. The number of carbonyl (C=O) groups is 1. The minimum Gasteiger partial charge on any atom is -0.370 e. The van der Waals surface area contributed by atoms with Crippen molar-refractivity contribution in [2.24, 2.45) is 11.8 Å². The van der Waals surface area contributed by atoms with Crippen LogP contribution in [0.2, 0.25) is 0 Å². The molecule has 0 saturated carbocycles. The predicted octanol–water partition coefficient (Wildman–Crippen LogP) is 3.19. The van der Waals surface area contributed by atoms with Crippen LogP contribution in [0.3, 0.4) is 0 Å². The molecule has 1 aromatic carbocycles. The van der Waals surface area contributed by atoms with Crippen molar-refractivity contribution in [1.29, 1.82) is 0 Å². The maximum Gasteiger partial charge on any atom is 0.418 e. The second-order valence-electron chi connectivity index (χ2n) is 7.62. The lowest BCUT2D eigenvalue weighted by Gasteiger charge is -2.25. The summed E-state index contributed by atoms with van der Waals surface area (Å²) < 4.78 is 40.1. The molecule has 9 heteroatoms. The minimum atomic E-state index is -4.38. The standard InChI is InChI=1S/C20H18F3N5O/c21-20(22,23)15-5-1-2-6-16(15)27-8-12-10-28(11-13(12)9-27)19(29)17-14-4-3-7-24-18(14)26-25-17/h1-7,12-13H,8-11H2,(H,24,25,26)/t12-,13+. The summed E-state index contributed by atoms with van der Waals surface area (Å²) in [6.45, 7) is 2.06. The molecule has 2 fully saturated rings. The number of fused-ring (bicyclic) bond motifs is 2. The average Bonchev–Trinajstić information content (AvgIpc) is 3.39. The number of alkyl halides is 3. The first-order valence-electron chi connectivity index (χ1n) is 9.41. The van der Waals surface area contributed by atoms with Gasteiger partial charge in [0.05, 0.1) is 10.9 Å². The summed E-state index contributed by atoms with van der Waals surface area (Å²) in [6.07, 6.45) is -2.77. The third-order valence-corrected chi connectivity index (χ3v) is 5.87. The summed E-state index contributed by atoms with van der Waals surface area (Å²) in [5.41, 5.74) is 0.514. The van der Waals surface area contributed by atoms with Crippen molar-refractivity contribution in [1.82, 2.24) is 20.1 Å². The van der Waals surface area contributed by atoms with Gasteiger partial charge in [-0.15, -0.1) is 0 Å². The van der Waals surface area contributed by atoms with Crippen LogP contribution in [0.4, 0.5) is 18.9 Å². The molecule has 0 aliphatic carbocycles. The van der Waals surface area contributed by atoms with Crippen molar-refractivity contribution < 1.29 is 18.0 Å². The van der Waals surface area contributed by atoms with Crippen LogP contribution in [-0.2, 0) is 6.18 Å². The second kappa shape index (κ2) is 6.47. The van der Waals surface area contributed by atoms with Gasteiger partial charge >= 0.3 is 6.18 Å². The summed E-state index contributed by atoms with van der Waals surface area (Å²) in [5.74, 6) is 0.150. The number of nitrogens with zero attached hydrogens (tertiary/aromatic N) is 4. The van der Waals surface area contributed by atoms with Crippen LogP contribution in [0.25, 0.3) is 11.0 Å². The van der Waals surface area contributed by atoms with Crippen molar-refractivity contribution in [3.05, 3.63) is 53.9 Å². The lowest BCUT2D eigenvalue weighted by molar-refractivity contribution is -0.137. The molecule has 0 spiro atoms. The van der Waals surface area contributed by atoms with E-state index in [-0.39, 0.29) is 23.4 Å². The molecule has 1 N–H and O–H groups in total. The first-order chi connectivity index (χ1) is 13.9. The van der Waals surface area contributed by atoms with E-state index in [9.17, 15) is 18.0 Å². The molecule has 2 aliphatic rings. The molecule has 2 saturated heterocycles. The Bertz CT molecular complexity index is 1070. The van der Waals surface area contributed by atoms with Gasteiger partial charge in [0.25, 0.3) is 5.91 Å². The number of rotatable bonds is 2. The van der Waals surface area contributed by atoms with Gasteiger partial charge in [-0.2, -0.15) is 18.3 Å². The first-order valence-corrected chi connectivity index (χ1v) is 9.41. The molecule has 2 aromatic heterocycles. The zero-order valence-electron chi connectivity index (χ0n) is 15.4. The predicted molar refractivity (Wildman–Crippen MR) is 100 cm³/mol. The Morgan fingerprint density at radius 3 is 2.48 bits per heavy atom. The Kier molecular flexibility index (Phi) is 4.01. The van der Waals surface area contributed by atoms with Crippen LogP contribution < -0.4 is 4.90 Å². The van der Waals surface area contributed by atoms with Gasteiger partial charge in [-0.05, 0) is 24.3 Å². The van der Waals surface area contributed by atoms with Crippen molar-refractivity contribution in [3.63, 3.8) is 0 Å². The molecular weight excluding hydrogens is 383 g/mol. The lowest BCUT2D eigenvalue weighted by atomic mass is 10.0. The molecule has 29 heavy (non-hydrogen) atoms. The number of para-hydroxylation sites is 1. The number of nitrogens with one attached hydrogen (secondary N) is 1. The van der Waals surface area contributed by atoms with Crippen LogP contribution >= 0.6 is 0 Å². The molecule has 5 rings (SSSR count). The summed E-state index contributed by atoms with van der Waals surface area (Å²) in [6, 6.07) is 9.24. The Hall–Kier alpha value is -3.10. The van der Waals surface area contributed by atoms with Crippen LogP contribution in [0.15, 0.2) is 42.6 Å². The molecule has 0 radical (unpaired) electrons. The van der Waals surface area contributed by atoms with Gasteiger partial charge in [-0.3, -0.25) is 9.89 Å². The van der Waals surface area contributed by atoms with E-state index >= 15 is 0 Å². The van der Waals surface area contributed by atoms with E-state index in [1.54, 1.807) is 34.2 Å². The second-order valence-corrected chi connectivity index (χ2v) is 7.62. The molecule has 3 aromatic rings. The van der Waals surface area contributed by atoms with E-state index in [0.717, 1.165) is 6.07 Å². The Balaban J connectivity index is 1.33. The van der Waals surface area contributed by atoms with Gasteiger partial charge < -0.3 is 9.80 Å². The molecule has 0 bridgehead atoms. The zero-order chi connectivity index (χ0) is 20.2. The van der Waals surface area contributed by atoms with E-state index in [1.807, 2.05) is 0 Å². The number of benzene rings is 1. The van der Waals surface area contributed by atoms with Gasteiger partial charge in [0, 0.05) is 49.9 Å². The smallest absolute Gasteiger partial charge is 0.370 e. The first kappa shape index (κ1) is 18.0. The van der Waals surface area contributed by atoms with E-state index in [1.165, 1.54) is 12.1 Å². The number of carbonyl (C=O) groups excluding carboxylic acids is 1. The van der Waals surface area contributed by atoms with Crippen LogP contribution in [0, 0.1) is 11.8 Å². The summed E-state index contributed by atoms with van der Waals surface area (Å²) in [7, 11) is 0. The third kappa shape index (κ3) is 3.01. The fraction of sp³-hybridized carbons (Fsp3) is 0.350. The largest absolute Gasteiger partial charge is 0.418 e. The molecule has 2 atom stereocenters.